The van der Waals surface area contributed by atoms with Gasteiger partial charge in [0.25, 0.3) is 0 Å². The number of halogens is 2. The van der Waals surface area contributed by atoms with Crippen molar-refractivity contribution in [3.05, 3.63) is 27.7 Å². The summed E-state index contributed by atoms with van der Waals surface area (Å²) in [7, 11) is 0. The zero-order valence-corrected chi connectivity index (χ0v) is 14.1. The predicted molar refractivity (Wildman–Crippen MR) is 89.7 cm³/mol. The quantitative estimate of drug-likeness (QED) is 0.840. The van der Waals surface area contributed by atoms with E-state index in [0.29, 0.717) is 6.04 Å². The van der Waals surface area contributed by atoms with Crippen LogP contribution in [0.25, 0.3) is 0 Å². The molecule has 1 aromatic carbocycles. The lowest BCUT2D eigenvalue weighted by Crippen LogP contribution is -2.54. The van der Waals surface area contributed by atoms with Crippen LogP contribution in [0, 0.1) is 5.92 Å². The lowest BCUT2D eigenvalue weighted by Gasteiger charge is -2.40. The van der Waals surface area contributed by atoms with Crippen molar-refractivity contribution in [2.75, 3.05) is 24.5 Å². The number of hydrogen-bond acceptors (Lipinski definition) is 2. The molecule has 2 aliphatic rings. The van der Waals surface area contributed by atoms with Crippen LogP contribution in [-0.4, -0.2) is 25.7 Å². The van der Waals surface area contributed by atoms with Crippen molar-refractivity contribution < 1.29 is 0 Å². The van der Waals surface area contributed by atoms with E-state index >= 15 is 0 Å². The molecule has 1 heterocycles. The van der Waals surface area contributed by atoms with E-state index in [2.05, 4.69) is 32.2 Å². The Labute approximate surface area is 135 Å². The van der Waals surface area contributed by atoms with Gasteiger partial charge in [0.05, 0.1) is 5.69 Å². The number of nitrogens with zero attached hydrogens (tertiary/aromatic N) is 1. The highest BCUT2D eigenvalue weighted by molar-refractivity contribution is 9.10. The fraction of sp³-hybridized carbons (Fsp3) is 0.625. The molecule has 1 aromatic rings. The Morgan fingerprint density at radius 3 is 2.75 bits per heavy atom. The third-order valence-corrected chi connectivity index (χ3v) is 5.54. The largest absolute Gasteiger partial charge is 0.368 e. The molecule has 1 unspecified atom stereocenters. The fourth-order valence-corrected chi connectivity index (χ4v) is 4.52. The van der Waals surface area contributed by atoms with E-state index in [0.717, 1.165) is 35.0 Å². The molecular formula is C16H22BrClN2. The van der Waals surface area contributed by atoms with Crippen molar-refractivity contribution in [1.82, 2.24) is 5.32 Å². The smallest absolute Gasteiger partial charge is 0.0512 e. The number of hydrogen-bond donors (Lipinski definition) is 1. The van der Waals surface area contributed by atoms with Gasteiger partial charge < -0.3 is 10.2 Å². The Balaban J connectivity index is 1.71. The van der Waals surface area contributed by atoms with Gasteiger partial charge in [-0.25, -0.2) is 0 Å². The molecule has 1 N–H and O–H groups in total. The molecule has 4 heteroatoms. The Kier molecular flexibility index (Phi) is 4.90. The molecule has 2 fully saturated rings. The van der Waals surface area contributed by atoms with Crippen LogP contribution in [0.2, 0.25) is 5.02 Å². The van der Waals surface area contributed by atoms with E-state index in [4.69, 9.17) is 11.6 Å². The summed E-state index contributed by atoms with van der Waals surface area (Å²) in [5.41, 5.74) is 1.27. The van der Waals surface area contributed by atoms with Crippen molar-refractivity contribution in [3.63, 3.8) is 0 Å². The minimum Gasteiger partial charge on any atom is -0.368 e. The number of benzene rings is 1. The lowest BCUT2D eigenvalue weighted by molar-refractivity contribution is 0.257. The Bertz CT molecular complexity index is 460. The second-order valence-electron chi connectivity index (χ2n) is 6.00. The summed E-state index contributed by atoms with van der Waals surface area (Å²) in [5, 5.41) is 4.53. The van der Waals surface area contributed by atoms with Gasteiger partial charge >= 0.3 is 0 Å². The maximum atomic E-state index is 6.05. The van der Waals surface area contributed by atoms with Crippen LogP contribution in [0.4, 0.5) is 5.69 Å². The molecule has 110 valence electrons. The average molecular weight is 358 g/mol. The molecule has 2 nitrogen and oxygen atoms in total. The zero-order valence-electron chi connectivity index (χ0n) is 11.7. The third kappa shape index (κ3) is 3.32. The SMILES string of the molecule is Clc1ccc(N2CCNC(C3CCCCC3)C2)c(Br)c1. The summed E-state index contributed by atoms with van der Waals surface area (Å²) in [6.07, 6.45) is 7.04. The Hall–Kier alpha value is -0.250. The monoisotopic (exact) mass is 356 g/mol. The molecular weight excluding hydrogens is 336 g/mol. The molecule has 1 saturated heterocycles. The molecule has 1 saturated carbocycles. The first-order valence-corrected chi connectivity index (χ1v) is 8.84. The Morgan fingerprint density at radius 2 is 2.00 bits per heavy atom. The predicted octanol–water partition coefficient (Wildman–Crippen LogP) is 4.46. The van der Waals surface area contributed by atoms with Gasteiger partial charge in [0.15, 0.2) is 0 Å². The molecule has 20 heavy (non-hydrogen) atoms. The van der Waals surface area contributed by atoms with Gasteiger partial charge in [-0.1, -0.05) is 30.9 Å². The van der Waals surface area contributed by atoms with E-state index in [-0.39, 0.29) is 0 Å². The number of rotatable bonds is 2. The normalized spacial score (nSPS) is 24.9. The average Bonchev–Trinajstić information content (AvgIpc) is 2.48. The molecule has 0 spiro atoms. The first kappa shape index (κ1) is 14.7. The van der Waals surface area contributed by atoms with E-state index in [1.807, 2.05) is 12.1 Å². The first-order valence-electron chi connectivity index (χ1n) is 7.67. The summed E-state index contributed by atoms with van der Waals surface area (Å²) in [5.74, 6) is 0.859. The van der Waals surface area contributed by atoms with E-state index < -0.39 is 0 Å². The molecule has 0 bridgehead atoms. The minimum atomic E-state index is 0.645. The number of anilines is 1. The minimum absolute atomic E-state index is 0.645. The zero-order chi connectivity index (χ0) is 13.9. The van der Waals surface area contributed by atoms with Gasteiger partial charge in [-0.2, -0.15) is 0 Å². The van der Waals surface area contributed by atoms with Gasteiger partial charge in [0, 0.05) is 35.2 Å². The topological polar surface area (TPSA) is 15.3 Å². The van der Waals surface area contributed by atoms with Gasteiger partial charge in [-0.3, -0.25) is 0 Å². The number of piperazine rings is 1. The molecule has 1 aliphatic heterocycles. The van der Waals surface area contributed by atoms with Crippen molar-refractivity contribution in [1.29, 1.82) is 0 Å². The molecule has 3 rings (SSSR count). The van der Waals surface area contributed by atoms with Crippen LogP contribution < -0.4 is 10.2 Å². The van der Waals surface area contributed by atoms with Crippen LogP contribution in [0.3, 0.4) is 0 Å². The van der Waals surface area contributed by atoms with E-state index in [1.165, 1.54) is 37.8 Å². The second-order valence-corrected chi connectivity index (χ2v) is 7.29. The summed E-state index contributed by atoms with van der Waals surface area (Å²) < 4.78 is 1.11. The Morgan fingerprint density at radius 1 is 1.20 bits per heavy atom. The standard InChI is InChI=1S/C16H22BrClN2/c17-14-10-13(18)6-7-16(14)20-9-8-19-15(11-20)12-4-2-1-3-5-12/h6-7,10,12,15,19H,1-5,8-9,11H2. The van der Waals surface area contributed by atoms with Gasteiger partial charge in [-0.15, -0.1) is 0 Å². The third-order valence-electron chi connectivity index (χ3n) is 4.67. The lowest BCUT2D eigenvalue weighted by atomic mass is 9.83. The van der Waals surface area contributed by atoms with E-state index in [1.54, 1.807) is 0 Å². The molecule has 0 aromatic heterocycles. The highest BCUT2D eigenvalue weighted by Crippen LogP contribution is 2.32. The fourth-order valence-electron chi connectivity index (χ4n) is 3.59. The molecule has 1 aliphatic carbocycles. The van der Waals surface area contributed by atoms with E-state index in [9.17, 15) is 0 Å². The van der Waals surface area contributed by atoms with Crippen LogP contribution in [0.1, 0.15) is 32.1 Å². The van der Waals surface area contributed by atoms with Crippen LogP contribution in [0.15, 0.2) is 22.7 Å². The molecule has 0 radical (unpaired) electrons. The highest BCUT2D eigenvalue weighted by Gasteiger charge is 2.28. The van der Waals surface area contributed by atoms with Crippen molar-refractivity contribution in [2.24, 2.45) is 5.92 Å². The van der Waals surface area contributed by atoms with Crippen molar-refractivity contribution >= 4 is 33.2 Å². The summed E-state index contributed by atoms with van der Waals surface area (Å²) >= 11 is 9.70. The maximum absolute atomic E-state index is 6.05. The van der Waals surface area contributed by atoms with Gasteiger partial charge in [-0.05, 0) is 52.9 Å². The summed E-state index contributed by atoms with van der Waals surface area (Å²) in [6.45, 7) is 3.27. The van der Waals surface area contributed by atoms with Crippen LogP contribution >= 0.6 is 27.5 Å². The second kappa shape index (κ2) is 6.67. The van der Waals surface area contributed by atoms with Gasteiger partial charge in [0.2, 0.25) is 0 Å². The number of nitrogens with one attached hydrogen (secondary N) is 1. The van der Waals surface area contributed by atoms with Crippen LogP contribution in [-0.2, 0) is 0 Å². The first-order chi connectivity index (χ1) is 9.74. The maximum Gasteiger partial charge on any atom is 0.0512 e. The summed E-state index contributed by atoms with van der Waals surface area (Å²) in [4.78, 5) is 2.50. The van der Waals surface area contributed by atoms with Crippen LogP contribution in [0.5, 0.6) is 0 Å². The van der Waals surface area contributed by atoms with Crippen molar-refractivity contribution in [2.45, 2.75) is 38.1 Å². The van der Waals surface area contributed by atoms with Gasteiger partial charge in [0.1, 0.15) is 0 Å². The highest BCUT2D eigenvalue weighted by atomic mass is 79.9. The molecule has 1 atom stereocenters. The summed E-state index contributed by atoms with van der Waals surface area (Å²) in [6, 6.07) is 6.76. The van der Waals surface area contributed by atoms with Crippen molar-refractivity contribution in [3.8, 4) is 0 Å². The molecule has 0 amide bonds.